The molecule has 1 fully saturated rings. The summed E-state index contributed by atoms with van der Waals surface area (Å²) in [6, 6.07) is 10.0. The number of benzene rings is 1. The number of fused-ring (bicyclic) bond motifs is 1. The van der Waals surface area contributed by atoms with Crippen molar-refractivity contribution in [3.05, 3.63) is 63.3 Å². The van der Waals surface area contributed by atoms with E-state index in [1.807, 2.05) is 45.9 Å². The van der Waals surface area contributed by atoms with Crippen LogP contribution in [-0.2, 0) is 13.0 Å². The van der Waals surface area contributed by atoms with Gasteiger partial charge in [0.25, 0.3) is 11.1 Å². The predicted molar refractivity (Wildman–Crippen MR) is 107 cm³/mol. The summed E-state index contributed by atoms with van der Waals surface area (Å²) in [6.07, 6.45) is 2.84. The monoisotopic (exact) mass is 397 g/mol. The van der Waals surface area contributed by atoms with Crippen LogP contribution in [0.2, 0.25) is 0 Å². The summed E-state index contributed by atoms with van der Waals surface area (Å²) in [5, 5.41) is 4.66. The average Bonchev–Trinajstić information content (AvgIpc) is 3.32. The highest BCUT2D eigenvalue weighted by molar-refractivity contribution is 7.11. The van der Waals surface area contributed by atoms with Gasteiger partial charge in [-0.1, -0.05) is 11.3 Å². The molecule has 0 bridgehead atoms. The van der Waals surface area contributed by atoms with Crippen molar-refractivity contribution in [2.24, 2.45) is 0 Å². The van der Waals surface area contributed by atoms with Crippen LogP contribution in [0.3, 0.4) is 0 Å². The Hall–Kier alpha value is -2.22. The fraction of sp³-hybridized carbons (Fsp3) is 0.300. The third-order valence-corrected chi connectivity index (χ3v) is 6.89. The number of nitrogens with zero attached hydrogens (tertiary/aromatic N) is 3. The Morgan fingerprint density at radius 3 is 2.74 bits per heavy atom. The third-order valence-electron chi connectivity index (χ3n) is 5.22. The van der Waals surface area contributed by atoms with E-state index in [4.69, 9.17) is 4.74 Å². The van der Waals surface area contributed by atoms with Crippen molar-refractivity contribution in [2.45, 2.75) is 19.0 Å². The van der Waals surface area contributed by atoms with Crippen LogP contribution in [0.4, 0.5) is 0 Å². The average molecular weight is 398 g/mol. The zero-order chi connectivity index (χ0) is 18.2. The molecule has 4 heterocycles. The van der Waals surface area contributed by atoms with Gasteiger partial charge in [0.15, 0.2) is 0 Å². The smallest absolute Gasteiger partial charge is 0.278 e. The van der Waals surface area contributed by atoms with E-state index in [2.05, 4.69) is 21.3 Å². The highest BCUT2D eigenvalue weighted by Gasteiger charge is 2.36. The molecule has 0 saturated carbocycles. The number of carbonyl (C=O) groups excluding carboxylic acids is 1. The molecule has 7 heteroatoms. The quantitative estimate of drug-likeness (QED) is 0.670. The van der Waals surface area contributed by atoms with Gasteiger partial charge in [-0.15, -0.1) is 11.3 Å². The van der Waals surface area contributed by atoms with Crippen molar-refractivity contribution in [1.82, 2.24) is 14.8 Å². The molecule has 0 aliphatic carbocycles. The maximum absolute atomic E-state index is 12.7. The molecule has 5 rings (SSSR count). The van der Waals surface area contributed by atoms with E-state index in [-0.39, 0.29) is 5.91 Å². The van der Waals surface area contributed by atoms with Gasteiger partial charge < -0.3 is 9.64 Å². The summed E-state index contributed by atoms with van der Waals surface area (Å²) in [6.45, 7) is 3.75. The van der Waals surface area contributed by atoms with Gasteiger partial charge in [-0.05, 0) is 47.7 Å². The van der Waals surface area contributed by atoms with E-state index in [0.717, 1.165) is 32.6 Å². The van der Waals surface area contributed by atoms with E-state index >= 15 is 0 Å². The maximum Gasteiger partial charge on any atom is 0.278 e. The van der Waals surface area contributed by atoms with Crippen molar-refractivity contribution < 1.29 is 9.53 Å². The molecule has 1 aromatic carbocycles. The van der Waals surface area contributed by atoms with Crippen LogP contribution < -0.4 is 4.74 Å². The number of carbonyl (C=O) groups is 1. The van der Waals surface area contributed by atoms with E-state index in [0.29, 0.717) is 22.5 Å². The molecule has 138 valence electrons. The first-order valence-corrected chi connectivity index (χ1v) is 10.8. The zero-order valence-electron chi connectivity index (χ0n) is 14.7. The van der Waals surface area contributed by atoms with Gasteiger partial charge in [0.1, 0.15) is 5.75 Å². The second-order valence-electron chi connectivity index (χ2n) is 6.88. The summed E-state index contributed by atoms with van der Waals surface area (Å²) >= 11 is 3.31. The summed E-state index contributed by atoms with van der Waals surface area (Å²) in [4.78, 5) is 22.8. The molecular weight excluding hydrogens is 378 g/mol. The van der Waals surface area contributed by atoms with Crippen LogP contribution in [0.25, 0.3) is 0 Å². The SMILES string of the molecule is O=C(c1ccc(Oc2nccs2)cc1)N1CC(N2CCc3sccc3C2)C1. The molecule has 0 spiro atoms. The summed E-state index contributed by atoms with van der Waals surface area (Å²) < 4.78 is 5.65. The Balaban J connectivity index is 1.17. The predicted octanol–water partition coefficient (Wildman–Crippen LogP) is 3.88. The van der Waals surface area contributed by atoms with E-state index < -0.39 is 0 Å². The lowest BCUT2D eigenvalue weighted by atomic mass is 10.0. The van der Waals surface area contributed by atoms with Gasteiger partial charge in [-0.25, -0.2) is 4.98 Å². The largest absolute Gasteiger partial charge is 0.431 e. The number of aromatic nitrogens is 1. The first kappa shape index (κ1) is 16.9. The second-order valence-corrected chi connectivity index (χ2v) is 8.74. The normalized spacial score (nSPS) is 17.4. The number of ether oxygens (including phenoxy) is 1. The van der Waals surface area contributed by atoms with Crippen molar-refractivity contribution in [3.8, 4) is 10.9 Å². The van der Waals surface area contributed by atoms with E-state index in [9.17, 15) is 4.79 Å². The molecule has 0 N–H and O–H groups in total. The molecule has 0 unspecified atom stereocenters. The van der Waals surface area contributed by atoms with Crippen LogP contribution in [0.5, 0.6) is 10.9 Å². The molecule has 27 heavy (non-hydrogen) atoms. The van der Waals surface area contributed by atoms with E-state index in [1.54, 1.807) is 6.20 Å². The maximum atomic E-state index is 12.7. The van der Waals surface area contributed by atoms with Gasteiger partial charge in [-0.2, -0.15) is 0 Å². The fourth-order valence-corrected chi connectivity index (χ4v) is 5.04. The minimum Gasteiger partial charge on any atom is -0.431 e. The molecular formula is C20H19N3O2S2. The first-order chi connectivity index (χ1) is 13.3. The van der Waals surface area contributed by atoms with Crippen molar-refractivity contribution in [1.29, 1.82) is 0 Å². The van der Waals surface area contributed by atoms with Gasteiger partial charge in [-0.3, -0.25) is 9.69 Å². The lowest BCUT2D eigenvalue weighted by molar-refractivity contribution is 0.0221. The lowest BCUT2D eigenvalue weighted by Crippen LogP contribution is -2.61. The Morgan fingerprint density at radius 1 is 1.11 bits per heavy atom. The third kappa shape index (κ3) is 3.38. The van der Waals surface area contributed by atoms with Crippen molar-refractivity contribution >= 4 is 28.6 Å². The zero-order valence-corrected chi connectivity index (χ0v) is 16.3. The fourth-order valence-electron chi connectivity index (χ4n) is 3.64. The molecule has 2 aliphatic heterocycles. The molecule has 3 aromatic rings. The number of amides is 1. The minimum atomic E-state index is 0.0975. The Labute approximate surface area is 165 Å². The van der Waals surface area contributed by atoms with Gasteiger partial charge in [0.2, 0.25) is 0 Å². The highest BCUT2D eigenvalue weighted by Crippen LogP contribution is 2.29. The standard InChI is InChI=1S/C20H19N3O2S2/c24-19(14-1-3-17(4-2-14)25-20-21-7-10-27-20)23-12-16(13-23)22-8-5-18-15(11-22)6-9-26-18/h1-4,6-7,9-10,16H,5,8,11-13H2. The van der Waals surface area contributed by atoms with Crippen molar-refractivity contribution in [2.75, 3.05) is 19.6 Å². The molecule has 2 aliphatic rings. The number of rotatable bonds is 4. The summed E-state index contributed by atoms with van der Waals surface area (Å²) in [7, 11) is 0. The Morgan fingerprint density at radius 2 is 1.96 bits per heavy atom. The molecule has 2 aromatic heterocycles. The number of hydrogen-bond acceptors (Lipinski definition) is 6. The van der Waals surface area contributed by atoms with Gasteiger partial charge in [0, 0.05) is 54.2 Å². The molecule has 1 saturated heterocycles. The van der Waals surface area contributed by atoms with Crippen LogP contribution in [-0.4, -0.2) is 46.4 Å². The van der Waals surface area contributed by atoms with Crippen LogP contribution >= 0.6 is 22.7 Å². The Bertz CT molecular complexity index is 931. The van der Waals surface area contributed by atoms with Crippen LogP contribution in [0, 0.1) is 0 Å². The number of likely N-dealkylation sites (tertiary alicyclic amines) is 1. The van der Waals surface area contributed by atoms with Crippen LogP contribution in [0.1, 0.15) is 20.8 Å². The topological polar surface area (TPSA) is 45.7 Å². The Kier molecular flexibility index (Phi) is 4.43. The first-order valence-electron chi connectivity index (χ1n) is 9.02. The summed E-state index contributed by atoms with van der Waals surface area (Å²) in [5.74, 6) is 0.795. The molecule has 0 atom stereocenters. The summed E-state index contributed by atoms with van der Waals surface area (Å²) in [5.41, 5.74) is 2.17. The molecule has 0 radical (unpaired) electrons. The number of thiazole rings is 1. The van der Waals surface area contributed by atoms with Crippen LogP contribution in [0.15, 0.2) is 47.3 Å². The minimum absolute atomic E-state index is 0.0975. The lowest BCUT2D eigenvalue weighted by Gasteiger charge is -2.46. The van der Waals surface area contributed by atoms with Gasteiger partial charge >= 0.3 is 0 Å². The molecule has 1 amide bonds. The number of thiophene rings is 1. The number of hydrogen-bond donors (Lipinski definition) is 0. The van der Waals surface area contributed by atoms with Crippen molar-refractivity contribution in [3.63, 3.8) is 0 Å². The van der Waals surface area contributed by atoms with Gasteiger partial charge in [0.05, 0.1) is 0 Å². The van der Waals surface area contributed by atoms with E-state index in [1.165, 1.54) is 21.8 Å². The molecule has 5 nitrogen and oxygen atoms in total. The highest BCUT2D eigenvalue weighted by atomic mass is 32.1. The second kappa shape index (κ2) is 7.07.